The van der Waals surface area contributed by atoms with E-state index in [-0.39, 0.29) is 0 Å². The number of anilines is 2. The quantitative estimate of drug-likeness (QED) is 0.534. The van der Waals surface area contributed by atoms with E-state index >= 15 is 0 Å². The number of hydrogen-bond acceptors (Lipinski definition) is 5. The lowest BCUT2D eigenvalue weighted by atomic mass is 10.1. The van der Waals surface area contributed by atoms with E-state index in [2.05, 4.69) is 21.5 Å². The molecule has 0 fully saturated rings. The van der Waals surface area contributed by atoms with Gasteiger partial charge in [-0.15, -0.1) is 11.8 Å². The number of hydrogen-bond donors (Lipinski definition) is 1. The van der Waals surface area contributed by atoms with Crippen LogP contribution in [0.25, 0.3) is 16.6 Å². The minimum absolute atomic E-state index is 0.562. The highest BCUT2D eigenvalue weighted by Gasteiger charge is 2.14. The third-order valence-electron chi connectivity index (χ3n) is 4.07. The molecule has 0 saturated carbocycles. The van der Waals surface area contributed by atoms with E-state index in [1.54, 1.807) is 10.9 Å². The van der Waals surface area contributed by atoms with E-state index in [1.807, 2.05) is 67.0 Å². The number of fused-ring (bicyclic) bond motifs is 1. The fraction of sp³-hybridized carbons (Fsp3) is 0.0500. The number of nitriles is 1. The predicted molar refractivity (Wildman–Crippen MR) is 105 cm³/mol. The SMILES string of the molecule is CSc1nc2ccccc2c(Nc2ccc(-n3cccn3)cc2)c1C#N. The van der Waals surface area contributed by atoms with Crippen molar-refractivity contribution in [3.8, 4) is 11.8 Å². The second kappa shape index (κ2) is 6.90. The van der Waals surface area contributed by atoms with Crippen LogP contribution in [0, 0.1) is 11.3 Å². The van der Waals surface area contributed by atoms with Crippen molar-refractivity contribution >= 4 is 34.0 Å². The highest BCUT2D eigenvalue weighted by atomic mass is 32.2. The van der Waals surface area contributed by atoms with Gasteiger partial charge in [-0.2, -0.15) is 10.4 Å². The molecule has 0 saturated heterocycles. The highest BCUT2D eigenvalue weighted by Crippen LogP contribution is 2.34. The zero-order valence-corrected chi connectivity index (χ0v) is 14.9. The Morgan fingerprint density at radius 1 is 1.08 bits per heavy atom. The lowest BCUT2D eigenvalue weighted by Crippen LogP contribution is -2.00. The minimum atomic E-state index is 0.562. The summed E-state index contributed by atoms with van der Waals surface area (Å²) >= 11 is 1.48. The minimum Gasteiger partial charge on any atom is -0.354 e. The maximum Gasteiger partial charge on any atom is 0.116 e. The highest BCUT2D eigenvalue weighted by molar-refractivity contribution is 7.98. The van der Waals surface area contributed by atoms with Crippen molar-refractivity contribution in [1.29, 1.82) is 5.26 Å². The van der Waals surface area contributed by atoms with E-state index in [1.165, 1.54) is 11.8 Å². The number of thioether (sulfide) groups is 1. The molecule has 2 aromatic heterocycles. The van der Waals surface area contributed by atoms with E-state index in [0.29, 0.717) is 5.56 Å². The predicted octanol–water partition coefficient (Wildman–Crippen LogP) is 4.76. The molecule has 0 aliphatic carbocycles. The molecule has 0 spiro atoms. The van der Waals surface area contributed by atoms with Gasteiger partial charge in [0.05, 0.1) is 16.9 Å². The van der Waals surface area contributed by atoms with Crippen LogP contribution in [-0.4, -0.2) is 21.0 Å². The van der Waals surface area contributed by atoms with E-state index in [9.17, 15) is 5.26 Å². The summed E-state index contributed by atoms with van der Waals surface area (Å²) in [5.41, 5.74) is 4.10. The second-order valence-corrected chi connectivity index (χ2v) is 6.42. The summed E-state index contributed by atoms with van der Waals surface area (Å²) in [7, 11) is 0. The first kappa shape index (κ1) is 16.2. The lowest BCUT2D eigenvalue weighted by Gasteiger charge is -2.14. The van der Waals surface area contributed by atoms with Crippen LogP contribution in [0.4, 0.5) is 11.4 Å². The van der Waals surface area contributed by atoms with E-state index in [0.717, 1.165) is 33.0 Å². The van der Waals surface area contributed by atoms with Crippen LogP contribution in [-0.2, 0) is 0 Å². The van der Waals surface area contributed by atoms with Gasteiger partial charge in [-0.25, -0.2) is 9.67 Å². The molecule has 5 nitrogen and oxygen atoms in total. The molecule has 2 aromatic carbocycles. The molecule has 0 aliphatic heterocycles. The number of rotatable bonds is 4. The van der Waals surface area contributed by atoms with Crippen LogP contribution >= 0.6 is 11.8 Å². The molecule has 0 amide bonds. The van der Waals surface area contributed by atoms with Gasteiger partial charge in [-0.05, 0) is 42.7 Å². The zero-order chi connectivity index (χ0) is 17.9. The van der Waals surface area contributed by atoms with E-state index in [4.69, 9.17) is 0 Å². The van der Waals surface area contributed by atoms with Crippen LogP contribution in [0.15, 0.2) is 72.0 Å². The van der Waals surface area contributed by atoms with Crippen molar-refractivity contribution < 1.29 is 0 Å². The maximum absolute atomic E-state index is 9.68. The molecule has 0 unspecified atom stereocenters. The van der Waals surface area contributed by atoms with Gasteiger partial charge in [0, 0.05) is 23.5 Å². The van der Waals surface area contributed by atoms with Crippen LogP contribution in [0.5, 0.6) is 0 Å². The second-order valence-electron chi connectivity index (χ2n) is 5.62. The summed E-state index contributed by atoms with van der Waals surface area (Å²) < 4.78 is 1.80. The fourth-order valence-corrected chi connectivity index (χ4v) is 3.38. The van der Waals surface area contributed by atoms with Crippen molar-refractivity contribution in [2.75, 3.05) is 11.6 Å². The number of benzene rings is 2. The number of para-hydroxylation sites is 1. The summed E-state index contributed by atoms with van der Waals surface area (Å²) in [5, 5.41) is 19.0. The third kappa shape index (κ3) is 2.89. The monoisotopic (exact) mass is 357 g/mol. The van der Waals surface area contributed by atoms with Gasteiger partial charge in [0.1, 0.15) is 16.7 Å². The zero-order valence-electron chi connectivity index (χ0n) is 14.0. The van der Waals surface area contributed by atoms with Crippen LogP contribution in [0.2, 0.25) is 0 Å². The molecule has 1 N–H and O–H groups in total. The first-order valence-electron chi connectivity index (χ1n) is 8.04. The number of nitrogens with one attached hydrogen (secondary N) is 1. The summed E-state index contributed by atoms with van der Waals surface area (Å²) in [5.74, 6) is 0. The van der Waals surface area contributed by atoms with Gasteiger partial charge >= 0.3 is 0 Å². The van der Waals surface area contributed by atoms with E-state index < -0.39 is 0 Å². The first-order valence-corrected chi connectivity index (χ1v) is 9.26. The molecule has 2 heterocycles. The number of aromatic nitrogens is 3. The molecule has 26 heavy (non-hydrogen) atoms. The molecule has 126 valence electrons. The Morgan fingerprint density at radius 3 is 2.58 bits per heavy atom. The van der Waals surface area contributed by atoms with Crippen molar-refractivity contribution in [3.63, 3.8) is 0 Å². The smallest absolute Gasteiger partial charge is 0.116 e. The van der Waals surface area contributed by atoms with Crippen LogP contribution in [0.3, 0.4) is 0 Å². The molecule has 0 aliphatic rings. The van der Waals surface area contributed by atoms with Crippen molar-refractivity contribution in [2.45, 2.75) is 5.03 Å². The summed E-state index contributed by atoms with van der Waals surface area (Å²) in [6, 6.07) is 20.0. The molecule has 6 heteroatoms. The van der Waals surface area contributed by atoms with Gasteiger partial charge in [-0.1, -0.05) is 18.2 Å². The van der Waals surface area contributed by atoms with Gasteiger partial charge in [0.25, 0.3) is 0 Å². The molecule has 4 aromatic rings. The summed E-state index contributed by atoms with van der Waals surface area (Å²) in [6.07, 6.45) is 5.58. The summed E-state index contributed by atoms with van der Waals surface area (Å²) in [6.45, 7) is 0. The molecule has 0 radical (unpaired) electrons. The van der Waals surface area contributed by atoms with Gasteiger partial charge in [0.2, 0.25) is 0 Å². The van der Waals surface area contributed by atoms with Crippen molar-refractivity contribution in [3.05, 3.63) is 72.6 Å². The first-order chi connectivity index (χ1) is 12.8. The van der Waals surface area contributed by atoms with Crippen LogP contribution in [0.1, 0.15) is 5.56 Å². The molecule has 0 atom stereocenters. The van der Waals surface area contributed by atoms with Gasteiger partial charge in [-0.3, -0.25) is 0 Å². The fourth-order valence-electron chi connectivity index (χ4n) is 2.83. The topological polar surface area (TPSA) is 66.5 Å². The Bertz CT molecular complexity index is 1100. The largest absolute Gasteiger partial charge is 0.354 e. The molecule has 0 bridgehead atoms. The molecular formula is C20H15N5S. The standard InChI is InChI=1S/C20H15N5S/c1-26-20-17(13-21)19(16-5-2-3-6-18(16)24-20)23-14-7-9-15(10-8-14)25-12-4-11-22-25/h2-12H,1H3,(H,23,24). The molecule has 4 rings (SSSR count). The average Bonchev–Trinajstić information content (AvgIpc) is 3.23. The molecular weight excluding hydrogens is 342 g/mol. The maximum atomic E-state index is 9.68. The van der Waals surface area contributed by atoms with Crippen LogP contribution < -0.4 is 5.32 Å². The Hall–Kier alpha value is -3.30. The number of pyridine rings is 1. The van der Waals surface area contributed by atoms with Gasteiger partial charge in [0.15, 0.2) is 0 Å². The van der Waals surface area contributed by atoms with Crippen molar-refractivity contribution in [1.82, 2.24) is 14.8 Å². The Kier molecular flexibility index (Phi) is 4.30. The lowest BCUT2D eigenvalue weighted by molar-refractivity contribution is 0.881. The Labute approximate surface area is 155 Å². The Morgan fingerprint density at radius 2 is 1.88 bits per heavy atom. The summed E-state index contributed by atoms with van der Waals surface area (Å²) in [4.78, 5) is 4.60. The Balaban J connectivity index is 1.78. The number of nitrogens with zero attached hydrogens (tertiary/aromatic N) is 4. The average molecular weight is 357 g/mol. The van der Waals surface area contributed by atoms with Gasteiger partial charge < -0.3 is 5.32 Å². The normalized spacial score (nSPS) is 10.6. The third-order valence-corrected chi connectivity index (χ3v) is 4.75. The van der Waals surface area contributed by atoms with Crippen molar-refractivity contribution in [2.24, 2.45) is 0 Å².